The average molecular weight is 402 g/mol. The molecule has 2 atom stereocenters. The standard InChI is InChI=1S/C22H31N3O4/c1-5-29-22(27)21-20(17-11-16(28-4)6-7-18(17)23-21)24-19(26)8-9-25-12-14(2)10-15(3)13-25/h6-7,11,14-15,23H,5,8-10,12-13H2,1-4H3,(H,24,26). The summed E-state index contributed by atoms with van der Waals surface area (Å²) in [5.74, 6) is 1.34. The fraction of sp³-hybridized carbons (Fsp3) is 0.545. The molecule has 1 aliphatic rings. The Morgan fingerprint density at radius 3 is 2.62 bits per heavy atom. The van der Waals surface area contributed by atoms with Crippen LogP contribution in [0, 0.1) is 11.8 Å². The summed E-state index contributed by atoms with van der Waals surface area (Å²) in [5.41, 5.74) is 1.44. The molecule has 1 aromatic carbocycles. The number of carbonyl (C=O) groups excluding carboxylic acids is 2. The highest BCUT2D eigenvalue weighted by molar-refractivity contribution is 6.11. The van der Waals surface area contributed by atoms with Gasteiger partial charge in [0, 0.05) is 37.0 Å². The van der Waals surface area contributed by atoms with Gasteiger partial charge in [-0.3, -0.25) is 4.79 Å². The molecule has 2 heterocycles. The smallest absolute Gasteiger partial charge is 0.356 e. The van der Waals surface area contributed by atoms with E-state index in [0.29, 0.717) is 36.2 Å². The third-order valence-electron chi connectivity index (χ3n) is 5.35. The van der Waals surface area contributed by atoms with Crippen LogP contribution < -0.4 is 10.1 Å². The van der Waals surface area contributed by atoms with Gasteiger partial charge in [-0.05, 0) is 43.4 Å². The van der Waals surface area contributed by atoms with Crippen LogP contribution in [-0.4, -0.2) is 55.1 Å². The zero-order valence-electron chi connectivity index (χ0n) is 17.7. The van der Waals surface area contributed by atoms with Crippen molar-refractivity contribution in [2.45, 2.75) is 33.6 Å². The first-order valence-corrected chi connectivity index (χ1v) is 10.3. The summed E-state index contributed by atoms with van der Waals surface area (Å²) in [6.45, 7) is 9.28. The second kappa shape index (κ2) is 9.31. The van der Waals surface area contributed by atoms with Crippen LogP contribution in [0.15, 0.2) is 18.2 Å². The molecule has 0 saturated carbocycles. The Hall–Kier alpha value is -2.54. The molecule has 1 saturated heterocycles. The van der Waals surface area contributed by atoms with E-state index < -0.39 is 5.97 Å². The molecule has 3 rings (SSSR count). The van der Waals surface area contributed by atoms with E-state index in [9.17, 15) is 9.59 Å². The van der Waals surface area contributed by atoms with Crippen molar-refractivity contribution in [2.75, 3.05) is 38.7 Å². The lowest BCUT2D eigenvalue weighted by Gasteiger charge is -2.34. The van der Waals surface area contributed by atoms with Gasteiger partial charge in [0.15, 0.2) is 0 Å². The van der Waals surface area contributed by atoms with Crippen LogP contribution >= 0.6 is 0 Å². The van der Waals surface area contributed by atoms with Crippen molar-refractivity contribution in [1.82, 2.24) is 9.88 Å². The van der Waals surface area contributed by atoms with E-state index in [1.165, 1.54) is 6.42 Å². The molecule has 1 aromatic heterocycles. The van der Waals surface area contributed by atoms with E-state index in [2.05, 4.69) is 29.0 Å². The van der Waals surface area contributed by atoms with Crippen molar-refractivity contribution < 1.29 is 19.1 Å². The fourth-order valence-electron chi connectivity index (χ4n) is 4.22. The molecular formula is C22H31N3O4. The number of esters is 1. The number of aromatic amines is 1. The van der Waals surface area contributed by atoms with Gasteiger partial charge in [0.2, 0.25) is 5.91 Å². The minimum Gasteiger partial charge on any atom is -0.497 e. The van der Waals surface area contributed by atoms with Crippen molar-refractivity contribution in [3.05, 3.63) is 23.9 Å². The van der Waals surface area contributed by atoms with Gasteiger partial charge in [0.05, 0.1) is 19.4 Å². The van der Waals surface area contributed by atoms with Gasteiger partial charge in [-0.25, -0.2) is 4.79 Å². The maximum Gasteiger partial charge on any atom is 0.356 e. The van der Waals surface area contributed by atoms with E-state index in [1.807, 2.05) is 6.07 Å². The highest BCUT2D eigenvalue weighted by atomic mass is 16.5. The number of H-pyrrole nitrogens is 1. The third kappa shape index (κ3) is 5.09. The number of fused-ring (bicyclic) bond motifs is 1. The number of hydrogen-bond donors (Lipinski definition) is 2. The molecule has 7 nitrogen and oxygen atoms in total. The lowest BCUT2D eigenvalue weighted by atomic mass is 9.92. The molecule has 0 bridgehead atoms. The molecule has 158 valence electrons. The molecular weight excluding hydrogens is 370 g/mol. The molecule has 0 radical (unpaired) electrons. The van der Waals surface area contributed by atoms with Crippen LogP contribution in [0.1, 0.15) is 44.1 Å². The number of benzene rings is 1. The predicted molar refractivity (Wildman–Crippen MR) is 113 cm³/mol. The predicted octanol–water partition coefficient (Wildman–Crippen LogP) is 3.66. The molecule has 7 heteroatoms. The summed E-state index contributed by atoms with van der Waals surface area (Å²) in [7, 11) is 1.58. The Morgan fingerprint density at radius 1 is 1.24 bits per heavy atom. The van der Waals surface area contributed by atoms with Gasteiger partial charge in [0.1, 0.15) is 11.4 Å². The SMILES string of the molecule is CCOC(=O)c1[nH]c2ccc(OC)cc2c1NC(=O)CCN1CC(C)CC(C)C1. The topological polar surface area (TPSA) is 83.7 Å². The summed E-state index contributed by atoms with van der Waals surface area (Å²) in [5, 5.41) is 3.66. The van der Waals surface area contributed by atoms with Gasteiger partial charge in [0.25, 0.3) is 0 Å². The zero-order valence-corrected chi connectivity index (χ0v) is 17.7. The summed E-state index contributed by atoms with van der Waals surface area (Å²) >= 11 is 0. The molecule has 29 heavy (non-hydrogen) atoms. The number of ether oxygens (including phenoxy) is 2. The van der Waals surface area contributed by atoms with Crippen LogP contribution in [0.3, 0.4) is 0 Å². The van der Waals surface area contributed by atoms with Crippen LogP contribution in [0.25, 0.3) is 10.9 Å². The summed E-state index contributed by atoms with van der Waals surface area (Å²) in [6, 6.07) is 5.43. The fourth-order valence-corrected chi connectivity index (χ4v) is 4.22. The lowest BCUT2D eigenvalue weighted by Crippen LogP contribution is -2.40. The van der Waals surface area contributed by atoms with Crippen LogP contribution in [0.4, 0.5) is 5.69 Å². The number of amides is 1. The Balaban J connectivity index is 1.77. The molecule has 1 amide bonds. The minimum atomic E-state index is -0.489. The molecule has 2 N–H and O–H groups in total. The maximum absolute atomic E-state index is 12.7. The monoisotopic (exact) mass is 401 g/mol. The quantitative estimate of drug-likeness (QED) is 0.692. The first-order valence-electron chi connectivity index (χ1n) is 10.3. The van der Waals surface area contributed by atoms with E-state index in [-0.39, 0.29) is 18.2 Å². The zero-order chi connectivity index (χ0) is 21.0. The van der Waals surface area contributed by atoms with Crippen molar-refractivity contribution >= 4 is 28.5 Å². The number of nitrogens with zero attached hydrogens (tertiary/aromatic N) is 1. The van der Waals surface area contributed by atoms with E-state index in [4.69, 9.17) is 9.47 Å². The van der Waals surface area contributed by atoms with E-state index in [0.717, 1.165) is 24.0 Å². The number of piperidine rings is 1. The highest BCUT2D eigenvalue weighted by Gasteiger charge is 2.24. The lowest BCUT2D eigenvalue weighted by molar-refractivity contribution is -0.116. The molecule has 1 fully saturated rings. The van der Waals surface area contributed by atoms with Gasteiger partial charge >= 0.3 is 5.97 Å². The molecule has 2 aromatic rings. The summed E-state index contributed by atoms with van der Waals surface area (Å²) in [6.07, 6.45) is 1.61. The van der Waals surface area contributed by atoms with E-state index >= 15 is 0 Å². The van der Waals surface area contributed by atoms with Crippen LogP contribution in [-0.2, 0) is 9.53 Å². The van der Waals surface area contributed by atoms with Gasteiger partial charge < -0.3 is 24.7 Å². The largest absolute Gasteiger partial charge is 0.497 e. The second-order valence-electron chi connectivity index (χ2n) is 8.01. The first kappa shape index (κ1) is 21.2. The summed E-state index contributed by atoms with van der Waals surface area (Å²) in [4.78, 5) is 30.5. The number of likely N-dealkylation sites (tertiary alicyclic amines) is 1. The van der Waals surface area contributed by atoms with Crippen molar-refractivity contribution in [3.63, 3.8) is 0 Å². The number of nitrogens with one attached hydrogen (secondary N) is 2. The number of anilines is 1. The Morgan fingerprint density at radius 2 is 1.97 bits per heavy atom. The van der Waals surface area contributed by atoms with Gasteiger partial charge in [-0.2, -0.15) is 0 Å². The minimum absolute atomic E-state index is 0.120. The number of carbonyl (C=O) groups is 2. The van der Waals surface area contributed by atoms with Gasteiger partial charge in [-0.15, -0.1) is 0 Å². The van der Waals surface area contributed by atoms with E-state index in [1.54, 1.807) is 26.2 Å². The molecule has 0 aliphatic carbocycles. The number of aromatic nitrogens is 1. The number of rotatable bonds is 7. The third-order valence-corrected chi connectivity index (χ3v) is 5.35. The molecule has 0 spiro atoms. The van der Waals surface area contributed by atoms with Crippen molar-refractivity contribution in [3.8, 4) is 5.75 Å². The Labute approximate surface area is 171 Å². The Bertz CT molecular complexity index is 866. The number of methoxy groups -OCH3 is 1. The first-order chi connectivity index (χ1) is 13.9. The Kier molecular flexibility index (Phi) is 6.79. The molecule has 1 aliphatic heterocycles. The van der Waals surface area contributed by atoms with Crippen LogP contribution in [0.2, 0.25) is 0 Å². The van der Waals surface area contributed by atoms with Crippen molar-refractivity contribution in [1.29, 1.82) is 0 Å². The van der Waals surface area contributed by atoms with Gasteiger partial charge in [-0.1, -0.05) is 13.8 Å². The average Bonchev–Trinajstić information content (AvgIpc) is 3.03. The second-order valence-corrected chi connectivity index (χ2v) is 8.01. The highest BCUT2D eigenvalue weighted by Crippen LogP contribution is 2.31. The normalized spacial score (nSPS) is 19.9. The summed E-state index contributed by atoms with van der Waals surface area (Å²) < 4.78 is 10.5. The maximum atomic E-state index is 12.7. The van der Waals surface area contributed by atoms with Crippen LogP contribution in [0.5, 0.6) is 5.75 Å². The van der Waals surface area contributed by atoms with Crippen molar-refractivity contribution in [2.24, 2.45) is 11.8 Å². The molecule has 2 unspecified atom stereocenters. The number of hydrogen-bond acceptors (Lipinski definition) is 5.